The van der Waals surface area contributed by atoms with Crippen LogP contribution in [0.15, 0.2) is 48.7 Å². The first-order chi connectivity index (χ1) is 13.8. The van der Waals surface area contributed by atoms with Crippen molar-refractivity contribution in [3.63, 3.8) is 0 Å². The molecule has 5 rings (SSSR count). The number of aliphatic hydroxyl groups excluding tert-OH is 1. The second-order valence-corrected chi connectivity index (χ2v) is 7.87. The van der Waals surface area contributed by atoms with Crippen molar-refractivity contribution in [1.82, 2.24) is 19.9 Å². The van der Waals surface area contributed by atoms with E-state index in [4.69, 9.17) is 4.74 Å². The van der Waals surface area contributed by atoms with Crippen LogP contribution in [0.2, 0.25) is 0 Å². The summed E-state index contributed by atoms with van der Waals surface area (Å²) in [6.45, 7) is 1.60. The van der Waals surface area contributed by atoms with Gasteiger partial charge < -0.3 is 15.2 Å². The average Bonchev–Trinajstić information content (AvgIpc) is 3.21. The highest BCUT2D eigenvalue weighted by atomic mass is 32.1. The van der Waals surface area contributed by atoms with Gasteiger partial charge >= 0.3 is 0 Å². The number of hydrogen-bond donors (Lipinski definition) is 2. The van der Waals surface area contributed by atoms with E-state index in [-0.39, 0.29) is 6.04 Å². The molecule has 0 amide bonds. The van der Waals surface area contributed by atoms with Crippen molar-refractivity contribution in [2.45, 2.75) is 25.1 Å². The van der Waals surface area contributed by atoms with Crippen LogP contribution in [0.25, 0.3) is 32.1 Å². The van der Waals surface area contributed by atoms with Crippen LogP contribution in [0.3, 0.4) is 0 Å². The van der Waals surface area contributed by atoms with Gasteiger partial charge in [0.05, 0.1) is 23.1 Å². The highest BCUT2D eigenvalue weighted by Gasteiger charge is 2.23. The van der Waals surface area contributed by atoms with Crippen LogP contribution in [-0.2, 0) is 11.3 Å². The molecule has 4 aromatic rings. The summed E-state index contributed by atoms with van der Waals surface area (Å²) in [7, 11) is 0. The van der Waals surface area contributed by atoms with Gasteiger partial charge in [-0.15, -0.1) is 5.10 Å². The van der Waals surface area contributed by atoms with E-state index in [1.165, 1.54) is 11.5 Å². The van der Waals surface area contributed by atoms with Crippen molar-refractivity contribution in [2.24, 2.45) is 0 Å². The molecule has 0 bridgehead atoms. The van der Waals surface area contributed by atoms with E-state index in [2.05, 4.69) is 50.2 Å². The van der Waals surface area contributed by atoms with Gasteiger partial charge in [0.15, 0.2) is 0 Å². The summed E-state index contributed by atoms with van der Waals surface area (Å²) < 4.78 is 10.7. The minimum Gasteiger partial charge on any atom is -0.389 e. The van der Waals surface area contributed by atoms with E-state index >= 15 is 0 Å². The lowest BCUT2D eigenvalue weighted by Gasteiger charge is -2.28. The SMILES string of the molecule is O[C@@H]1COCC[C@H]1NCc1nnc(-c2ccc3cnsc3c2)c2ccccc12. The summed E-state index contributed by atoms with van der Waals surface area (Å²) in [5.41, 5.74) is 2.80. The zero-order valence-electron chi connectivity index (χ0n) is 15.2. The Bertz CT molecular complexity index is 1130. The maximum absolute atomic E-state index is 10.1. The first-order valence-corrected chi connectivity index (χ1v) is 10.2. The van der Waals surface area contributed by atoms with Crippen molar-refractivity contribution in [3.05, 3.63) is 54.4 Å². The topological polar surface area (TPSA) is 80.2 Å². The van der Waals surface area contributed by atoms with Gasteiger partial charge in [0, 0.05) is 47.1 Å². The van der Waals surface area contributed by atoms with Gasteiger partial charge in [-0.25, -0.2) is 0 Å². The fourth-order valence-electron chi connectivity index (χ4n) is 3.70. The molecular formula is C21H20N4O2S. The summed E-state index contributed by atoms with van der Waals surface area (Å²) in [6, 6.07) is 14.5. The summed E-state index contributed by atoms with van der Waals surface area (Å²) in [4.78, 5) is 0. The number of aromatic nitrogens is 3. The highest BCUT2D eigenvalue weighted by Crippen LogP contribution is 2.30. The predicted octanol–water partition coefficient (Wildman–Crippen LogP) is 3.15. The van der Waals surface area contributed by atoms with Crippen molar-refractivity contribution in [3.8, 4) is 11.3 Å². The summed E-state index contributed by atoms with van der Waals surface area (Å²) in [6.07, 6.45) is 2.19. The maximum atomic E-state index is 10.1. The van der Waals surface area contributed by atoms with E-state index < -0.39 is 6.10 Å². The smallest absolute Gasteiger partial charge is 0.101 e. The summed E-state index contributed by atoms with van der Waals surface area (Å²) >= 11 is 1.49. The molecule has 142 valence electrons. The van der Waals surface area contributed by atoms with Crippen LogP contribution in [0.1, 0.15) is 12.1 Å². The van der Waals surface area contributed by atoms with Gasteiger partial charge in [-0.2, -0.15) is 9.47 Å². The van der Waals surface area contributed by atoms with E-state index in [0.717, 1.165) is 44.2 Å². The third-order valence-electron chi connectivity index (χ3n) is 5.25. The summed E-state index contributed by atoms with van der Waals surface area (Å²) in [5, 5.41) is 25.9. The van der Waals surface area contributed by atoms with Gasteiger partial charge in [0.1, 0.15) is 5.69 Å². The molecule has 7 heteroatoms. The minimum absolute atomic E-state index is 0.0164. The number of nitrogens with zero attached hydrogens (tertiary/aromatic N) is 3. The third-order valence-corrected chi connectivity index (χ3v) is 6.01. The molecule has 1 saturated heterocycles. The molecule has 0 saturated carbocycles. The number of fused-ring (bicyclic) bond motifs is 2. The van der Waals surface area contributed by atoms with E-state index in [9.17, 15) is 5.11 Å². The lowest BCUT2D eigenvalue weighted by molar-refractivity contribution is -0.0281. The minimum atomic E-state index is -0.488. The average molecular weight is 392 g/mol. The lowest BCUT2D eigenvalue weighted by Crippen LogP contribution is -2.46. The molecule has 0 radical (unpaired) electrons. The fraction of sp³-hybridized carbons (Fsp3) is 0.286. The van der Waals surface area contributed by atoms with Gasteiger partial charge in [0.25, 0.3) is 0 Å². The third kappa shape index (κ3) is 3.27. The van der Waals surface area contributed by atoms with Crippen LogP contribution in [0.5, 0.6) is 0 Å². The monoisotopic (exact) mass is 392 g/mol. The largest absolute Gasteiger partial charge is 0.389 e. The zero-order valence-corrected chi connectivity index (χ0v) is 16.0. The molecule has 1 aliphatic heterocycles. The number of aliphatic hydroxyl groups is 1. The normalized spacial score (nSPS) is 20.0. The quantitative estimate of drug-likeness (QED) is 0.555. The Morgan fingerprint density at radius 3 is 2.93 bits per heavy atom. The molecule has 3 heterocycles. The number of benzene rings is 2. The van der Waals surface area contributed by atoms with Crippen molar-refractivity contribution in [1.29, 1.82) is 0 Å². The van der Waals surface area contributed by atoms with Crippen LogP contribution in [-0.4, -0.2) is 45.0 Å². The van der Waals surface area contributed by atoms with E-state index in [0.29, 0.717) is 19.8 Å². The van der Waals surface area contributed by atoms with Crippen LogP contribution < -0.4 is 5.32 Å². The first kappa shape index (κ1) is 17.6. The molecule has 2 atom stereocenters. The molecule has 1 aliphatic rings. The molecule has 2 aromatic carbocycles. The predicted molar refractivity (Wildman–Crippen MR) is 110 cm³/mol. The Balaban J connectivity index is 1.50. The number of hydrogen-bond acceptors (Lipinski definition) is 7. The van der Waals surface area contributed by atoms with Crippen molar-refractivity contribution >= 4 is 32.4 Å². The molecule has 0 spiro atoms. The fourth-order valence-corrected chi connectivity index (χ4v) is 4.38. The summed E-state index contributed by atoms with van der Waals surface area (Å²) in [5.74, 6) is 0. The Morgan fingerprint density at radius 1 is 1.14 bits per heavy atom. The number of rotatable bonds is 4. The Hall–Kier alpha value is -2.45. The molecule has 2 aromatic heterocycles. The van der Waals surface area contributed by atoms with E-state index in [1.807, 2.05) is 18.3 Å². The van der Waals surface area contributed by atoms with E-state index in [1.54, 1.807) is 0 Å². The first-order valence-electron chi connectivity index (χ1n) is 9.38. The molecule has 0 unspecified atom stereocenters. The molecular weight excluding hydrogens is 372 g/mol. The Morgan fingerprint density at radius 2 is 2.04 bits per heavy atom. The zero-order chi connectivity index (χ0) is 18.9. The van der Waals surface area contributed by atoms with Gasteiger partial charge in [-0.1, -0.05) is 36.4 Å². The molecule has 0 aliphatic carbocycles. The second kappa shape index (κ2) is 7.52. The van der Waals surface area contributed by atoms with Crippen LogP contribution in [0, 0.1) is 0 Å². The Labute approximate surface area is 166 Å². The van der Waals surface area contributed by atoms with Gasteiger partial charge in [0.2, 0.25) is 0 Å². The van der Waals surface area contributed by atoms with Gasteiger partial charge in [-0.05, 0) is 24.0 Å². The van der Waals surface area contributed by atoms with Crippen molar-refractivity contribution < 1.29 is 9.84 Å². The molecule has 6 nitrogen and oxygen atoms in total. The number of nitrogens with one attached hydrogen (secondary N) is 1. The Kier molecular flexibility index (Phi) is 4.74. The lowest BCUT2D eigenvalue weighted by atomic mass is 10.0. The van der Waals surface area contributed by atoms with Crippen molar-refractivity contribution in [2.75, 3.05) is 13.2 Å². The molecule has 1 fully saturated rings. The van der Waals surface area contributed by atoms with Crippen LogP contribution >= 0.6 is 11.5 Å². The second-order valence-electron chi connectivity index (χ2n) is 7.04. The standard InChI is InChI=1S/C21H20N4O2S/c26-19-12-27-8-7-17(19)22-11-18-15-3-1-2-4-16(15)21(25-24-18)13-5-6-14-10-23-28-20(14)9-13/h1-6,9-10,17,19,22,26H,7-8,11-12H2/t17-,19-/m1/s1. The number of ether oxygens (including phenoxy) is 1. The maximum Gasteiger partial charge on any atom is 0.101 e. The van der Waals surface area contributed by atoms with Crippen LogP contribution in [0.4, 0.5) is 0 Å². The molecule has 2 N–H and O–H groups in total. The molecule has 28 heavy (non-hydrogen) atoms. The highest BCUT2D eigenvalue weighted by molar-refractivity contribution is 7.13. The van der Waals surface area contributed by atoms with Gasteiger partial charge in [-0.3, -0.25) is 0 Å².